The highest BCUT2D eigenvalue weighted by atomic mass is 79.9. The van der Waals surface area contributed by atoms with Crippen LogP contribution in [0.4, 0.5) is 5.95 Å². The third kappa shape index (κ3) is 2.88. The lowest BCUT2D eigenvalue weighted by Crippen LogP contribution is -2.48. The molecule has 1 aromatic heterocycles. The van der Waals surface area contributed by atoms with Crippen LogP contribution < -0.4 is 15.4 Å². The molecule has 1 atom stereocenters. The second-order valence-corrected chi connectivity index (χ2v) is 5.06. The highest BCUT2D eigenvalue weighted by molar-refractivity contribution is 9.10. The normalized spacial score (nSPS) is 19.7. The first kappa shape index (κ1) is 13.4. The fraction of sp³-hybridized carbons (Fsp3) is 0.500. The first-order valence-corrected chi connectivity index (χ1v) is 6.54. The van der Waals surface area contributed by atoms with E-state index < -0.39 is 0 Å². The maximum Gasteiger partial charge on any atom is 0.232 e. The van der Waals surface area contributed by atoms with Crippen molar-refractivity contribution in [3.8, 4) is 5.88 Å². The highest BCUT2D eigenvalue weighted by Gasteiger charge is 2.24. The fourth-order valence-corrected chi connectivity index (χ4v) is 2.14. The van der Waals surface area contributed by atoms with Crippen LogP contribution in [0.1, 0.15) is 0 Å². The number of anilines is 1. The third-order valence-electron chi connectivity index (χ3n) is 2.56. The van der Waals surface area contributed by atoms with E-state index in [9.17, 15) is 0 Å². The molecule has 8 heteroatoms. The van der Waals surface area contributed by atoms with Crippen molar-refractivity contribution >= 4 is 39.1 Å². The number of rotatable bonds is 3. The van der Waals surface area contributed by atoms with E-state index in [2.05, 4.69) is 25.9 Å². The second-order valence-electron chi connectivity index (χ2n) is 3.74. The van der Waals surface area contributed by atoms with Gasteiger partial charge in [-0.3, -0.25) is 0 Å². The van der Waals surface area contributed by atoms with Crippen LogP contribution >= 0.6 is 28.1 Å². The molecule has 1 aromatic rings. The van der Waals surface area contributed by atoms with Gasteiger partial charge in [0.2, 0.25) is 11.8 Å². The average molecular weight is 333 g/mol. The van der Waals surface area contributed by atoms with Crippen molar-refractivity contribution in [3.63, 3.8) is 0 Å². The first-order valence-electron chi connectivity index (χ1n) is 5.34. The van der Waals surface area contributed by atoms with Crippen LogP contribution in [0.5, 0.6) is 5.88 Å². The number of hydrogen-bond donors (Lipinski definition) is 1. The van der Waals surface area contributed by atoms with Gasteiger partial charge < -0.3 is 20.1 Å². The number of thiocarbonyl (C=S) groups is 1. The lowest BCUT2D eigenvalue weighted by molar-refractivity contribution is 0.0840. The van der Waals surface area contributed by atoms with Gasteiger partial charge in [-0.25, -0.2) is 4.98 Å². The van der Waals surface area contributed by atoms with E-state index >= 15 is 0 Å². The molecular weight excluding hydrogens is 320 g/mol. The Morgan fingerprint density at radius 3 is 3.17 bits per heavy atom. The molecule has 2 rings (SSSR count). The summed E-state index contributed by atoms with van der Waals surface area (Å²) in [6, 6.07) is 0. The predicted octanol–water partition coefficient (Wildman–Crippen LogP) is 0.739. The average Bonchev–Trinajstić information content (AvgIpc) is 2.39. The summed E-state index contributed by atoms with van der Waals surface area (Å²) in [7, 11) is 1.56. The summed E-state index contributed by atoms with van der Waals surface area (Å²) in [6.07, 6.45) is 1.40. The van der Waals surface area contributed by atoms with E-state index in [1.54, 1.807) is 13.3 Å². The maximum absolute atomic E-state index is 5.59. The summed E-state index contributed by atoms with van der Waals surface area (Å²) in [6.45, 7) is 1.80. The van der Waals surface area contributed by atoms with Crippen molar-refractivity contribution in [2.45, 2.75) is 6.10 Å². The Balaban J connectivity index is 2.18. The molecule has 1 saturated heterocycles. The van der Waals surface area contributed by atoms with Crippen molar-refractivity contribution in [2.75, 3.05) is 31.7 Å². The van der Waals surface area contributed by atoms with Crippen molar-refractivity contribution < 1.29 is 9.47 Å². The zero-order valence-electron chi connectivity index (χ0n) is 9.80. The van der Waals surface area contributed by atoms with Crippen molar-refractivity contribution in [3.05, 3.63) is 10.7 Å². The number of hydrogen-bond acceptors (Lipinski definition) is 6. The molecule has 1 unspecified atom stereocenters. The minimum absolute atomic E-state index is 0.257. The van der Waals surface area contributed by atoms with Gasteiger partial charge in [0.25, 0.3) is 0 Å². The second kappa shape index (κ2) is 5.77. The molecule has 0 saturated carbocycles. The Labute approximate surface area is 119 Å². The van der Waals surface area contributed by atoms with Gasteiger partial charge in [0.1, 0.15) is 11.1 Å². The highest BCUT2D eigenvalue weighted by Crippen LogP contribution is 2.24. The van der Waals surface area contributed by atoms with Gasteiger partial charge in [-0.05, 0) is 15.9 Å². The summed E-state index contributed by atoms with van der Waals surface area (Å²) < 4.78 is 11.3. The number of nitrogens with two attached hydrogens (primary N) is 1. The summed E-state index contributed by atoms with van der Waals surface area (Å²) in [5, 5.41) is 0. The molecule has 1 fully saturated rings. The van der Waals surface area contributed by atoms with E-state index in [1.165, 1.54) is 0 Å². The number of nitrogens with zero attached hydrogens (tertiary/aromatic N) is 3. The number of morpholine rings is 1. The fourth-order valence-electron chi connectivity index (χ4n) is 1.64. The quantitative estimate of drug-likeness (QED) is 0.818. The van der Waals surface area contributed by atoms with Crippen molar-refractivity contribution in [2.24, 2.45) is 5.73 Å². The zero-order chi connectivity index (χ0) is 13.1. The molecule has 0 radical (unpaired) electrons. The molecule has 2 N–H and O–H groups in total. The largest absolute Gasteiger partial charge is 0.480 e. The predicted molar refractivity (Wildman–Crippen MR) is 75.0 cm³/mol. The van der Waals surface area contributed by atoms with Gasteiger partial charge in [0.15, 0.2) is 0 Å². The summed E-state index contributed by atoms with van der Waals surface area (Å²) in [4.78, 5) is 10.9. The molecule has 1 aliphatic rings. The smallest absolute Gasteiger partial charge is 0.232 e. The van der Waals surface area contributed by atoms with Crippen LogP contribution in [0.15, 0.2) is 10.7 Å². The summed E-state index contributed by atoms with van der Waals surface area (Å²) in [5.41, 5.74) is 5.59. The topological polar surface area (TPSA) is 73.5 Å². The number of aromatic nitrogens is 2. The maximum atomic E-state index is 5.59. The van der Waals surface area contributed by atoms with Crippen LogP contribution in [0.3, 0.4) is 0 Å². The van der Waals surface area contributed by atoms with Crippen LogP contribution in [0.25, 0.3) is 0 Å². The van der Waals surface area contributed by atoms with Crippen LogP contribution in [-0.2, 0) is 4.74 Å². The van der Waals surface area contributed by atoms with Crippen LogP contribution in [-0.4, -0.2) is 47.9 Å². The van der Waals surface area contributed by atoms with Crippen molar-refractivity contribution in [1.29, 1.82) is 0 Å². The van der Waals surface area contributed by atoms with Gasteiger partial charge in [0, 0.05) is 6.54 Å². The Kier molecular flexibility index (Phi) is 4.31. The Bertz CT molecular complexity index is 460. The van der Waals surface area contributed by atoms with E-state index in [0.717, 1.165) is 0 Å². The Morgan fingerprint density at radius 2 is 2.50 bits per heavy atom. The molecule has 98 valence electrons. The number of methoxy groups -OCH3 is 1. The monoisotopic (exact) mass is 332 g/mol. The number of ether oxygens (including phenoxy) is 2. The lowest BCUT2D eigenvalue weighted by atomic mass is 10.3. The number of halogens is 1. The SMILES string of the molecule is COc1nc(N2CCOC(C(N)=S)C2)ncc1Br. The lowest BCUT2D eigenvalue weighted by Gasteiger charge is -2.32. The van der Waals surface area contributed by atoms with Gasteiger partial charge in [-0.1, -0.05) is 12.2 Å². The molecule has 0 aliphatic carbocycles. The van der Waals surface area contributed by atoms with Crippen LogP contribution in [0.2, 0.25) is 0 Å². The van der Waals surface area contributed by atoms with E-state index in [4.69, 9.17) is 27.4 Å². The standard InChI is InChI=1S/C10H13BrN4O2S/c1-16-9-6(11)4-13-10(14-9)15-2-3-17-7(5-15)8(12)18/h4,7H,2-3,5H2,1H3,(H2,12,18). The van der Waals surface area contributed by atoms with Gasteiger partial charge in [-0.15, -0.1) is 0 Å². The zero-order valence-corrected chi connectivity index (χ0v) is 12.2. The molecule has 0 aromatic carbocycles. The molecule has 18 heavy (non-hydrogen) atoms. The first-order chi connectivity index (χ1) is 8.61. The Hall–Kier alpha value is -0.990. The minimum Gasteiger partial charge on any atom is -0.480 e. The van der Waals surface area contributed by atoms with E-state index in [1.807, 2.05) is 4.90 Å². The van der Waals surface area contributed by atoms with Gasteiger partial charge in [0.05, 0.1) is 30.9 Å². The molecule has 6 nitrogen and oxygen atoms in total. The third-order valence-corrected chi connectivity index (χ3v) is 3.37. The molecule has 2 heterocycles. The van der Waals surface area contributed by atoms with Gasteiger partial charge >= 0.3 is 0 Å². The molecule has 1 aliphatic heterocycles. The van der Waals surface area contributed by atoms with E-state index in [0.29, 0.717) is 41.0 Å². The summed E-state index contributed by atoms with van der Waals surface area (Å²) in [5.74, 6) is 1.08. The molecule has 0 amide bonds. The minimum atomic E-state index is -0.257. The van der Waals surface area contributed by atoms with Crippen molar-refractivity contribution in [1.82, 2.24) is 9.97 Å². The summed E-state index contributed by atoms with van der Waals surface area (Å²) >= 11 is 8.26. The van der Waals surface area contributed by atoms with Crippen LogP contribution in [0, 0.1) is 0 Å². The van der Waals surface area contributed by atoms with E-state index in [-0.39, 0.29) is 6.10 Å². The molecular formula is C10H13BrN4O2S. The Morgan fingerprint density at radius 1 is 1.72 bits per heavy atom. The van der Waals surface area contributed by atoms with Gasteiger partial charge in [-0.2, -0.15) is 4.98 Å². The molecule has 0 bridgehead atoms. The molecule has 0 spiro atoms.